The number of urea groups is 1. The van der Waals surface area contributed by atoms with Crippen molar-refractivity contribution in [1.29, 1.82) is 0 Å². The summed E-state index contributed by atoms with van der Waals surface area (Å²) in [5, 5.41) is 5.83. The van der Waals surface area contributed by atoms with Crippen molar-refractivity contribution in [3.8, 4) is 5.75 Å². The van der Waals surface area contributed by atoms with Crippen LogP contribution in [0.3, 0.4) is 0 Å². The smallest absolute Gasteiger partial charge is 0.339 e. The summed E-state index contributed by atoms with van der Waals surface area (Å²) in [6.45, 7) is 6.15. The molecule has 3 amide bonds. The Labute approximate surface area is 210 Å². The normalized spacial score (nSPS) is 15.6. The van der Waals surface area contributed by atoms with Gasteiger partial charge in [0.2, 0.25) is 5.91 Å². The van der Waals surface area contributed by atoms with Gasteiger partial charge < -0.3 is 24.5 Å². The summed E-state index contributed by atoms with van der Waals surface area (Å²) in [4.78, 5) is 25.6. The largest absolute Gasteiger partial charge is 0.379 e. The second-order valence-electron chi connectivity index (χ2n) is 8.61. The third kappa shape index (κ3) is 7.84. The fraction of sp³-hybridized carbons (Fsp3) is 0.417. The molecule has 1 aliphatic rings. The van der Waals surface area contributed by atoms with Gasteiger partial charge in [0.15, 0.2) is 0 Å². The van der Waals surface area contributed by atoms with Gasteiger partial charge in [-0.3, -0.25) is 4.79 Å². The molecule has 0 aromatic heterocycles. The van der Waals surface area contributed by atoms with E-state index in [-0.39, 0.29) is 41.3 Å². The summed E-state index contributed by atoms with van der Waals surface area (Å²) in [6.07, 6.45) is 1.67. The minimum absolute atomic E-state index is 0.0648. The lowest BCUT2D eigenvalue weighted by atomic mass is 10.1. The zero-order valence-corrected chi connectivity index (χ0v) is 21.5. The Balaban J connectivity index is 1.84. The second-order valence-corrected chi connectivity index (χ2v) is 10.6. The summed E-state index contributed by atoms with van der Waals surface area (Å²) in [6, 6.07) is 9.83. The molecule has 1 fully saturated rings. The van der Waals surface area contributed by atoms with Gasteiger partial charge in [0.25, 0.3) is 0 Å². The maximum Gasteiger partial charge on any atom is 0.339 e. The zero-order valence-electron chi connectivity index (χ0n) is 19.9. The van der Waals surface area contributed by atoms with Gasteiger partial charge >= 0.3 is 16.1 Å². The molecule has 0 saturated carbocycles. The Bertz CT molecular complexity index is 1150. The van der Waals surface area contributed by atoms with Gasteiger partial charge in [0.05, 0.1) is 12.6 Å². The van der Waals surface area contributed by atoms with E-state index in [2.05, 4.69) is 10.6 Å². The van der Waals surface area contributed by atoms with Crippen LogP contribution in [0.4, 0.5) is 10.5 Å². The summed E-state index contributed by atoms with van der Waals surface area (Å²) in [5.74, 6) is -0.202. The number of amides is 3. The van der Waals surface area contributed by atoms with E-state index in [1.165, 1.54) is 43.3 Å². The zero-order chi connectivity index (χ0) is 25.6. The third-order valence-corrected chi connectivity index (χ3v) is 6.68. The van der Waals surface area contributed by atoms with E-state index in [4.69, 9.17) is 20.5 Å². The lowest BCUT2D eigenvalue weighted by Crippen LogP contribution is -2.45. The summed E-state index contributed by atoms with van der Waals surface area (Å²) >= 11 is 6.20. The molecule has 0 aliphatic carbocycles. The highest BCUT2D eigenvalue weighted by atomic mass is 35.5. The monoisotopic (exact) mass is 523 g/mol. The fourth-order valence-corrected chi connectivity index (χ4v) is 4.78. The van der Waals surface area contributed by atoms with Gasteiger partial charge in [0.1, 0.15) is 10.6 Å². The van der Waals surface area contributed by atoms with Crippen molar-refractivity contribution in [2.75, 3.05) is 18.5 Å². The van der Waals surface area contributed by atoms with E-state index in [0.717, 1.165) is 12.8 Å². The van der Waals surface area contributed by atoms with Crippen molar-refractivity contribution in [3.05, 3.63) is 53.1 Å². The van der Waals surface area contributed by atoms with E-state index in [1.807, 2.05) is 13.8 Å². The molecule has 2 aromatic carbocycles. The first kappa shape index (κ1) is 26.8. The van der Waals surface area contributed by atoms with E-state index in [1.54, 1.807) is 11.0 Å². The first-order chi connectivity index (χ1) is 16.5. The molecule has 3 rings (SSSR count). The lowest BCUT2D eigenvalue weighted by molar-refractivity contribution is -0.114. The van der Waals surface area contributed by atoms with Gasteiger partial charge in [-0.1, -0.05) is 11.6 Å². The second kappa shape index (κ2) is 11.7. The van der Waals surface area contributed by atoms with Crippen LogP contribution < -0.4 is 14.8 Å². The summed E-state index contributed by atoms with van der Waals surface area (Å²) in [7, 11) is -4.19. The van der Waals surface area contributed by atoms with Crippen LogP contribution in [0.15, 0.2) is 47.4 Å². The van der Waals surface area contributed by atoms with Crippen LogP contribution in [0, 0.1) is 0 Å². The van der Waals surface area contributed by atoms with Crippen LogP contribution in [-0.2, 0) is 26.2 Å². The van der Waals surface area contributed by atoms with E-state index >= 15 is 0 Å². The molecule has 1 atom stereocenters. The van der Waals surface area contributed by atoms with Gasteiger partial charge in [-0.05, 0) is 69.2 Å². The molecule has 35 heavy (non-hydrogen) atoms. The van der Waals surface area contributed by atoms with Crippen molar-refractivity contribution >= 4 is 39.3 Å². The van der Waals surface area contributed by atoms with Gasteiger partial charge in [-0.2, -0.15) is 8.42 Å². The number of anilines is 1. The molecule has 0 spiro atoms. The van der Waals surface area contributed by atoms with Crippen molar-refractivity contribution in [2.45, 2.75) is 57.2 Å². The molecule has 0 bridgehead atoms. The maximum absolute atomic E-state index is 13.0. The quantitative estimate of drug-likeness (QED) is 0.477. The molecule has 2 N–H and O–H groups in total. The number of halogens is 1. The molecule has 1 heterocycles. The van der Waals surface area contributed by atoms with Crippen LogP contribution in [-0.4, -0.2) is 50.6 Å². The number of nitrogens with one attached hydrogen (secondary N) is 2. The molecule has 190 valence electrons. The molecule has 1 aliphatic heterocycles. The van der Waals surface area contributed by atoms with Crippen LogP contribution in [0.2, 0.25) is 5.02 Å². The van der Waals surface area contributed by atoms with Gasteiger partial charge in [-0.25, -0.2) is 4.79 Å². The highest BCUT2D eigenvalue weighted by molar-refractivity contribution is 7.87. The number of ether oxygens (including phenoxy) is 1. The van der Waals surface area contributed by atoms with Crippen molar-refractivity contribution in [3.63, 3.8) is 0 Å². The number of hydrogen-bond donors (Lipinski definition) is 2. The van der Waals surface area contributed by atoms with Crippen LogP contribution in [0.1, 0.15) is 39.2 Å². The Morgan fingerprint density at radius 1 is 1.20 bits per heavy atom. The Morgan fingerprint density at radius 2 is 1.91 bits per heavy atom. The number of carbonyl (C=O) groups is 2. The van der Waals surface area contributed by atoms with Crippen LogP contribution in [0.5, 0.6) is 5.75 Å². The minimum Gasteiger partial charge on any atom is -0.379 e. The Hall–Kier alpha value is -2.82. The van der Waals surface area contributed by atoms with Gasteiger partial charge in [-0.15, -0.1) is 0 Å². The number of rotatable bonds is 9. The highest BCUT2D eigenvalue weighted by Gasteiger charge is 2.26. The van der Waals surface area contributed by atoms with Crippen LogP contribution >= 0.6 is 11.6 Å². The number of nitrogens with zero attached hydrogens (tertiary/aromatic N) is 1. The van der Waals surface area contributed by atoms with E-state index in [9.17, 15) is 18.0 Å². The first-order valence-electron chi connectivity index (χ1n) is 11.3. The summed E-state index contributed by atoms with van der Waals surface area (Å²) in [5.41, 5.74) is 0.900. The molecular formula is C24H30ClN3O6S. The first-order valence-corrected chi connectivity index (χ1v) is 13.1. The van der Waals surface area contributed by atoms with Crippen molar-refractivity contribution < 1.29 is 26.9 Å². The molecule has 2 aromatic rings. The number of benzene rings is 2. The number of hydrogen-bond acceptors (Lipinski definition) is 6. The predicted molar refractivity (Wildman–Crippen MR) is 133 cm³/mol. The fourth-order valence-electron chi connectivity index (χ4n) is 3.62. The highest BCUT2D eigenvalue weighted by Crippen LogP contribution is 2.28. The molecule has 0 radical (unpaired) electrons. The summed E-state index contributed by atoms with van der Waals surface area (Å²) < 4.78 is 37.1. The average molecular weight is 524 g/mol. The van der Waals surface area contributed by atoms with E-state index < -0.39 is 10.1 Å². The van der Waals surface area contributed by atoms with E-state index in [0.29, 0.717) is 29.4 Å². The Morgan fingerprint density at radius 3 is 2.51 bits per heavy atom. The topological polar surface area (TPSA) is 114 Å². The Kier molecular flexibility index (Phi) is 8.98. The third-order valence-electron chi connectivity index (χ3n) is 5.19. The van der Waals surface area contributed by atoms with Crippen molar-refractivity contribution in [2.24, 2.45) is 0 Å². The van der Waals surface area contributed by atoms with Crippen molar-refractivity contribution in [1.82, 2.24) is 10.2 Å². The molecule has 11 heteroatoms. The molecular weight excluding hydrogens is 494 g/mol. The SMILES string of the molecule is CC(=O)Nc1ccc(S(=O)(=O)Oc2ccc(Cl)cc2CN(C[C@@H]2CCCO2)C(=O)NC(C)C)cc1. The standard InChI is InChI=1S/C24H30ClN3O6S/c1-16(2)26-24(30)28(15-21-5-4-12-33-21)14-18-13-19(25)6-11-23(18)34-35(31,32)22-9-7-20(8-10-22)27-17(3)29/h6-11,13,16,21H,4-5,12,14-15H2,1-3H3,(H,26,30)(H,27,29)/t21-/m0/s1. The lowest BCUT2D eigenvalue weighted by Gasteiger charge is -2.27. The van der Waals surface area contributed by atoms with Gasteiger partial charge in [0, 0.05) is 42.4 Å². The minimum atomic E-state index is -4.19. The molecule has 9 nitrogen and oxygen atoms in total. The average Bonchev–Trinajstić information content (AvgIpc) is 3.28. The predicted octanol–water partition coefficient (Wildman–Crippen LogP) is 4.17. The number of carbonyl (C=O) groups excluding carboxylic acids is 2. The maximum atomic E-state index is 13.0. The molecule has 0 unspecified atom stereocenters. The molecule has 1 saturated heterocycles. The van der Waals surface area contributed by atoms with Crippen LogP contribution in [0.25, 0.3) is 0 Å².